The van der Waals surface area contributed by atoms with Gasteiger partial charge in [-0.05, 0) is 25.1 Å². The average molecular weight is 270 g/mol. The first-order valence-corrected chi connectivity index (χ1v) is 7.69. The number of nitrogens with one attached hydrogen (secondary N) is 1. The Morgan fingerprint density at radius 1 is 1.39 bits per heavy atom. The molecule has 0 spiro atoms. The smallest absolute Gasteiger partial charge is 0.212 e. The maximum Gasteiger partial charge on any atom is 0.212 e. The number of primary sulfonamides is 1. The van der Waals surface area contributed by atoms with Gasteiger partial charge in [0.15, 0.2) is 0 Å². The average Bonchev–Trinajstić information content (AvgIpc) is 2.81. The zero-order valence-electron chi connectivity index (χ0n) is 10.1. The molecule has 100 valence electrons. The molecule has 1 heterocycles. The van der Waals surface area contributed by atoms with Crippen LogP contribution in [0.1, 0.15) is 6.42 Å². The Kier molecular flexibility index (Phi) is 4.21. The van der Waals surface area contributed by atoms with Crippen LogP contribution in [0.2, 0.25) is 0 Å². The minimum atomic E-state index is -3.53. The molecule has 2 rings (SSSR count). The minimum Gasteiger partial charge on any atom is -0.489 e. The van der Waals surface area contributed by atoms with Crippen LogP contribution in [0.5, 0.6) is 5.75 Å². The van der Waals surface area contributed by atoms with Crippen LogP contribution < -0.4 is 15.2 Å². The molecule has 18 heavy (non-hydrogen) atoms. The molecule has 5 nitrogen and oxygen atoms in total. The van der Waals surface area contributed by atoms with Gasteiger partial charge in [0.1, 0.15) is 17.6 Å². The van der Waals surface area contributed by atoms with Crippen molar-refractivity contribution < 1.29 is 13.2 Å². The normalized spacial score (nSPS) is 21.7. The third-order valence-electron chi connectivity index (χ3n) is 3.05. The number of hydrogen-bond acceptors (Lipinski definition) is 4. The van der Waals surface area contributed by atoms with Crippen molar-refractivity contribution in [3.63, 3.8) is 0 Å². The Labute approximate surface area is 107 Å². The predicted molar refractivity (Wildman–Crippen MR) is 69.8 cm³/mol. The second-order valence-corrected chi connectivity index (χ2v) is 6.21. The van der Waals surface area contributed by atoms with Crippen LogP contribution in [0.25, 0.3) is 0 Å². The highest BCUT2D eigenvalue weighted by molar-refractivity contribution is 7.89. The summed E-state index contributed by atoms with van der Waals surface area (Å²) in [6.07, 6.45) is 0.518. The topological polar surface area (TPSA) is 81.4 Å². The lowest BCUT2D eigenvalue weighted by Crippen LogP contribution is -2.37. The number of sulfonamides is 1. The first kappa shape index (κ1) is 13.3. The van der Waals surface area contributed by atoms with Crippen LogP contribution in [0.3, 0.4) is 0 Å². The highest BCUT2D eigenvalue weighted by Gasteiger charge is 2.29. The van der Waals surface area contributed by atoms with Crippen molar-refractivity contribution in [1.82, 2.24) is 5.32 Å². The molecule has 1 aliphatic heterocycles. The second-order valence-electron chi connectivity index (χ2n) is 4.55. The highest BCUT2D eigenvalue weighted by atomic mass is 32.2. The van der Waals surface area contributed by atoms with Crippen LogP contribution in [-0.4, -0.2) is 33.4 Å². The number of para-hydroxylation sites is 1. The van der Waals surface area contributed by atoms with Crippen molar-refractivity contribution in [1.29, 1.82) is 0 Å². The second kappa shape index (κ2) is 5.69. The lowest BCUT2D eigenvalue weighted by molar-refractivity contribution is 0.163. The van der Waals surface area contributed by atoms with E-state index in [2.05, 4.69) is 5.32 Å². The van der Waals surface area contributed by atoms with Crippen LogP contribution in [0.4, 0.5) is 0 Å². The molecule has 1 aliphatic rings. The summed E-state index contributed by atoms with van der Waals surface area (Å²) in [6, 6.07) is 9.24. The summed E-state index contributed by atoms with van der Waals surface area (Å²) in [5.41, 5.74) is 0. The zero-order valence-corrected chi connectivity index (χ0v) is 10.9. The zero-order chi connectivity index (χ0) is 13.0. The van der Waals surface area contributed by atoms with E-state index in [0.29, 0.717) is 5.75 Å². The van der Waals surface area contributed by atoms with Gasteiger partial charge in [-0.1, -0.05) is 18.2 Å². The molecule has 1 fully saturated rings. The SMILES string of the molecule is NS(=O)(=O)CC(Oc1ccccc1)C1CCNC1. The summed E-state index contributed by atoms with van der Waals surface area (Å²) < 4.78 is 28.3. The van der Waals surface area contributed by atoms with Crippen molar-refractivity contribution in [2.45, 2.75) is 12.5 Å². The van der Waals surface area contributed by atoms with Gasteiger partial charge >= 0.3 is 0 Å². The van der Waals surface area contributed by atoms with Crippen molar-refractivity contribution in [3.8, 4) is 5.75 Å². The molecule has 1 aromatic carbocycles. The van der Waals surface area contributed by atoms with E-state index in [1.165, 1.54) is 0 Å². The van der Waals surface area contributed by atoms with Crippen molar-refractivity contribution in [2.24, 2.45) is 11.1 Å². The van der Waals surface area contributed by atoms with Gasteiger partial charge in [0, 0.05) is 12.5 Å². The number of nitrogens with two attached hydrogens (primary N) is 1. The Morgan fingerprint density at radius 3 is 2.67 bits per heavy atom. The van der Waals surface area contributed by atoms with E-state index in [4.69, 9.17) is 9.88 Å². The van der Waals surface area contributed by atoms with E-state index in [1.54, 1.807) is 0 Å². The Balaban J connectivity index is 2.09. The predicted octanol–water partition coefficient (Wildman–Crippen LogP) is 0.332. The summed E-state index contributed by atoms with van der Waals surface area (Å²) >= 11 is 0. The lowest BCUT2D eigenvalue weighted by atomic mass is 10.0. The van der Waals surface area contributed by atoms with Crippen molar-refractivity contribution in [2.75, 3.05) is 18.8 Å². The summed E-state index contributed by atoms with van der Waals surface area (Å²) in [6.45, 7) is 1.66. The van der Waals surface area contributed by atoms with E-state index in [9.17, 15) is 8.42 Å². The summed E-state index contributed by atoms with van der Waals surface area (Å²) in [5.74, 6) is 0.718. The molecule has 0 aromatic heterocycles. The van der Waals surface area contributed by atoms with Crippen molar-refractivity contribution >= 4 is 10.0 Å². The number of benzene rings is 1. The first-order valence-electron chi connectivity index (χ1n) is 5.97. The molecular formula is C12H18N2O3S. The van der Waals surface area contributed by atoms with Gasteiger partial charge in [-0.2, -0.15) is 0 Å². The Morgan fingerprint density at radius 2 is 2.11 bits per heavy atom. The van der Waals surface area contributed by atoms with Crippen LogP contribution >= 0.6 is 0 Å². The van der Waals surface area contributed by atoms with E-state index in [1.807, 2.05) is 30.3 Å². The van der Waals surface area contributed by atoms with Crippen LogP contribution in [0.15, 0.2) is 30.3 Å². The van der Waals surface area contributed by atoms with Gasteiger partial charge in [-0.15, -0.1) is 0 Å². The van der Waals surface area contributed by atoms with E-state index >= 15 is 0 Å². The molecule has 0 saturated carbocycles. The van der Waals surface area contributed by atoms with Gasteiger partial charge in [0.05, 0.1) is 0 Å². The maximum atomic E-state index is 11.3. The van der Waals surface area contributed by atoms with Crippen LogP contribution in [-0.2, 0) is 10.0 Å². The molecule has 1 saturated heterocycles. The van der Waals surface area contributed by atoms with Gasteiger partial charge in [-0.3, -0.25) is 0 Å². The van der Waals surface area contributed by atoms with Gasteiger partial charge < -0.3 is 10.1 Å². The van der Waals surface area contributed by atoms with Gasteiger partial charge in [0.2, 0.25) is 10.0 Å². The van der Waals surface area contributed by atoms with Crippen molar-refractivity contribution in [3.05, 3.63) is 30.3 Å². The number of hydrogen-bond donors (Lipinski definition) is 2. The monoisotopic (exact) mass is 270 g/mol. The molecule has 0 bridgehead atoms. The largest absolute Gasteiger partial charge is 0.489 e. The third kappa shape index (κ3) is 3.97. The fourth-order valence-corrected chi connectivity index (χ4v) is 2.96. The summed E-state index contributed by atoms with van der Waals surface area (Å²) in [7, 11) is -3.53. The quantitative estimate of drug-likeness (QED) is 0.808. The fourth-order valence-electron chi connectivity index (χ4n) is 2.16. The molecule has 6 heteroatoms. The maximum absolute atomic E-state index is 11.3. The molecular weight excluding hydrogens is 252 g/mol. The number of ether oxygens (including phenoxy) is 1. The Bertz CT molecular complexity index is 469. The Hall–Kier alpha value is -1.11. The third-order valence-corrected chi connectivity index (χ3v) is 3.84. The molecule has 3 N–H and O–H groups in total. The molecule has 2 atom stereocenters. The molecule has 2 unspecified atom stereocenters. The van der Waals surface area contributed by atoms with E-state index < -0.39 is 16.1 Å². The molecule has 0 aliphatic carbocycles. The van der Waals surface area contributed by atoms with Gasteiger partial charge in [0.25, 0.3) is 0 Å². The standard InChI is InChI=1S/C12H18N2O3S/c13-18(15,16)9-12(10-6-7-14-8-10)17-11-4-2-1-3-5-11/h1-5,10,12,14H,6-9H2,(H2,13,15,16). The fraction of sp³-hybridized carbons (Fsp3) is 0.500. The van der Waals surface area contributed by atoms with E-state index in [0.717, 1.165) is 19.5 Å². The highest BCUT2D eigenvalue weighted by Crippen LogP contribution is 2.20. The lowest BCUT2D eigenvalue weighted by Gasteiger charge is -2.23. The van der Waals surface area contributed by atoms with Gasteiger partial charge in [-0.25, -0.2) is 13.6 Å². The summed E-state index contributed by atoms with van der Waals surface area (Å²) in [4.78, 5) is 0. The molecule has 0 radical (unpaired) electrons. The minimum absolute atomic E-state index is 0.145. The first-order chi connectivity index (χ1) is 8.54. The number of rotatable bonds is 5. The molecule has 1 aromatic rings. The molecule has 0 amide bonds. The van der Waals surface area contributed by atoms with Crippen LogP contribution in [0, 0.1) is 5.92 Å². The van der Waals surface area contributed by atoms with E-state index in [-0.39, 0.29) is 11.7 Å². The summed E-state index contributed by atoms with van der Waals surface area (Å²) in [5, 5.41) is 8.34.